The van der Waals surface area contributed by atoms with Crippen molar-refractivity contribution in [3.05, 3.63) is 77.5 Å². The van der Waals surface area contributed by atoms with Crippen molar-refractivity contribution in [2.75, 3.05) is 103 Å². The predicted octanol–water partition coefficient (Wildman–Crippen LogP) is 3.14. The Balaban J connectivity index is 1.51. The van der Waals surface area contributed by atoms with Crippen molar-refractivity contribution in [1.82, 2.24) is 20.1 Å². The topological polar surface area (TPSA) is 169 Å². The molecular formula is C38H53N7O7. The minimum absolute atomic E-state index is 0.0801. The number of likely N-dealkylation sites (N-methyl/N-ethyl adjacent to an activating group) is 2. The van der Waals surface area contributed by atoms with Gasteiger partial charge in [-0.15, -0.1) is 0 Å². The Morgan fingerprint density at radius 3 is 2.12 bits per heavy atom. The molecule has 3 aromatic rings. The summed E-state index contributed by atoms with van der Waals surface area (Å²) in [6.07, 6.45) is 1.51. The number of nitrogens with one attached hydrogen (secondary N) is 2. The van der Waals surface area contributed by atoms with E-state index in [-0.39, 0.29) is 11.8 Å². The normalized spacial score (nSPS) is 11.0. The molecule has 1 aromatic heterocycles. The second-order valence-electron chi connectivity index (χ2n) is 12.1. The van der Waals surface area contributed by atoms with Crippen LogP contribution in [0.25, 0.3) is 11.3 Å². The number of aromatic nitrogens is 1. The van der Waals surface area contributed by atoms with E-state index < -0.39 is 11.8 Å². The molecule has 282 valence electrons. The number of hydrogen-bond acceptors (Lipinski definition) is 10. The van der Waals surface area contributed by atoms with Crippen LogP contribution < -0.4 is 21.3 Å². The summed E-state index contributed by atoms with van der Waals surface area (Å²) in [6, 6.07) is 15.4. The minimum atomic E-state index is -0.574. The molecule has 1 heterocycles. The molecule has 14 heteroatoms. The minimum Gasteiger partial charge on any atom is -0.378 e. The Hall–Kier alpha value is -4.89. The van der Waals surface area contributed by atoms with Gasteiger partial charge in [0.2, 0.25) is 11.8 Å². The van der Waals surface area contributed by atoms with Gasteiger partial charge in [-0.05, 0) is 69.4 Å². The number of nitrogens with zero attached hydrogens (tertiary/aromatic N) is 4. The van der Waals surface area contributed by atoms with Gasteiger partial charge < -0.3 is 45.3 Å². The van der Waals surface area contributed by atoms with Gasteiger partial charge in [0.05, 0.1) is 51.0 Å². The largest absolute Gasteiger partial charge is 0.378 e. The molecule has 52 heavy (non-hydrogen) atoms. The predicted molar refractivity (Wildman–Crippen MR) is 202 cm³/mol. The van der Waals surface area contributed by atoms with Crippen LogP contribution in [0.3, 0.4) is 0 Å². The van der Waals surface area contributed by atoms with Gasteiger partial charge in [-0.1, -0.05) is 6.07 Å². The Morgan fingerprint density at radius 1 is 0.769 bits per heavy atom. The number of anilines is 2. The van der Waals surface area contributed by atoms with Crippen molar-refractivity contribution in [2.45, 2.75) is 20.8 Å². The fourth-order valence-electron chi connectivity index (χ4n) is 5.17. The number of primary amides is 1. The molecule has 0 fully saturated rings. The molecule has 4 amide bonds. The second-order valence-corrected chi connectivity index (χ2v) is 12.1. The molecule has 14 nitrogen and oxygen atoms in total. The van der Waals surface area contributed by atoms with E-state index in [9.17, 15) is 19.2 Å². The van der Waals surface area contributed by atoms with Crippen LogP contribution >= 0.6 is 0 Å². The quantitative estimate of drug-likeness (QED) is 0.124. The fraction of sp³-hybridized carbons (Fsp3) is 0.447. The third kappa shape index (κ3) is 13.7. The lowest BCUT2D eigenvalue weighted by atomic mass is 10.0. The summed E-state index contributed by atoms with van der Waals surface area (Å²) < 4.78 is 16.5. The number of rotatable bonds is 23. The van der Waals surface area contributed by atoms with Gasteiger partial charge in [0.1, 0.15) is 0 Å². The van der Waals surface area contributed by atoms with E-state index >= 15 is 0 Å². The third-order valence-corrected chi connectivity index (χ3v) is 8.22. The average Bonchev–Trinajstić information content (AvgIpc) is 3.14. The number of carbonyl (C=O) groups is 4. The lowest BCUT2D eigenvalue weighted by Gasteiger charge is -2.23. The third-order valence-electron chi connectivity index (χ3n) is 8.22. The highest BCUT2D eigenvalue weighted by molar-refractivity contribution is 6.08. The van der Waals surface area contributed by atoms with Crippen LogP contribution in [0.5, 0.6) is 0 Å². The van der Waals surface area contributed by atoms with Crippen LogP contribution in [0.2, 0.25) is 0 Å². The van der Waals surface area contributed by atoms with Crippen molar-refractivity contribution in [2.24, 2.45) is 5.73 Å². The van der Waals surface area contributed by atoms with Gasteiger partial charge in [0.25, 0.3) is 11.8 Å². The maximum Gasteiger partial charge on any atom is 0.255 e. The number of benzene rings is 2. The number of hydrogen-bond donors (Lipinski definition) is 3. The Kier molecular flexibility index (Phi) is 17.7. The van der Waals surface area contributed by atoms with E-state index in [2.05, 4.69) is 39.3 Å². The Bertz CT molecular complexity index is 1620. The highest BCUT2D eigenvalue weighted by Crippen LogP contribution is 2.32. The monoisotopic (exact) mass is 719 g/mol. The van der Waals surface area contributed by atoms with Gasteiger partial charge in [-0.25, -0.2) is 0 Å². The van der Waals surface area contributed by atoms with E-state index in [1.165, 1.54) is 13.1 Å². The first-order valence-electron chi connectivity index (χ1n) is 17.5. The number of carbonyl (C=O) groups excluding carboxylic acids is 4. The number of pyridine rings is 1. The van der Waals surface area contributed by atoms with E-state index in [4.69, 9.17) is 19.9 Å². The first-order chi connectivity index (χ1) is 25.0. The molecular weight excluding hydrogens is 666 g/mol. The van der Waals surface area contributed by atoms with Gasteiger partial charge in [0, 0.05) is 87.4 Å². The number of ether oxygens (including phenoxy) is 3. The van der Waals surface area contributed by atoms with Crippen molar-refractivity contribution in [3.63, 3.8) is 0 Å². The lowest BCUT2D eigenvalue weighted by Crippen LogP contribution is -2.36. The van der Waals surface area contributed by atoms with Crippen molar-refractivity contribution in [1.29, 1.82) is 0 Å². The first-order valence-corrected chi connectivity index (χ1v) is 17.5. The zero-order valence-electron chi connectivity index (χ0n) is 31.0. The maximum absolute atomic E-state index is 13.5. The van der Waals surface area contributed by atoms with Crippen LogP contribution in [0.15, 0.2) is 60.8 Å². The second kappa shape index (κ2) is 22.1. The molecule has 0 radical (unpaired) electrons. The summed E-state index contributed by atoms with van der Waals surface area (Å²) in [5.41, 5.74) is 9.13. The standard InChI is InChI=1S/C38H53N7O7/c1-6-45(7-2)32-11-12-34(33(27-32)35-26-29(36(39)47)13-14-41-35)42-37(48)30-9-8-10-31(25-30)38(49)44(5)17-16-43(4)18-20-51-22-24-52-23-21-50-19-15-40-28(3)46/h8-14,25-27H,6-7,15-24H2,1-5H3,(H2,39,47)(H,40,46)(H,42,48). The molecule has 0 unspecified atom stereocenters. The molecule has 0 saturated heterocycles. The molecule has 3 rings (SSSR count). The molecule has 0 aliphatic carbocycles. The van der Waals surface area contributed by atoms with Crippen LogP contribution in [0.4, 0.5) is 11.4 Å². The van der Waals surface area contributed by atoms with E-state index in [1.54, 1.807) is 48.3 Å². The highest BCUT2D eigenvalue weighted by Gasteiger charge is 2.18. The lowest BCUT2D eigenvalue weighted by molar-refractivity contribution is -0.119. The molecule has 0 aliphatic heterocycles. The van der Waals surface area contributed by atoms with Crippen LogP contribution in [0.1, 0.15) is 51.8 Å². The average molecular weight is 720 g/mol. The summed E-state index contributed by atoms with van der Waals surface area (Å²) in [6.45, 7) is 12.2. The van der Waals surface area contributed by atoms with Crippen LogP contribution in [-0.4, -0.2) is 131 Å². The van der Waals surface area contributed by atoms with Gasteiger partial charge in [-0.2, -0.15) is 0 Å². The first kappa shape index (κ1) is 41.5. The number of nitrogens with two attached hydrogens (primary N) is 1. The SMILES string of the molecule is CCN(CC)c1ccc(NC(=O)c2cccc(C(=O)N(C)CCN(C)CCOCCOCCOCCNC(C)=O)c2)c(-c2cc(C(N)=O)ccn2)c1. The summed E-state index contributed by atoms with van der Waals surface area (Å²) in [4.78, 5) is 59.9. The summed E-state index contributed by atoms with van der Waals surface area (Å²) in [5.74, 6) is -1.25. The molecule has 4 N–H and O–H groups in total. The molecule has 0 saturated carbocycles. The summed E-state index contributed by atoms with van der Waals surface area (Å²) in [7, 11) is 3.70. The van der Waals surface area contributed by atoms with E-state index in [0.717, 1.165) is 18.8 Å². The van der Waals surface area contributed by atoms with Gasteiger partial charge in [0.15, 0.2) is 0 Å². The van der Waals surface area contributed by atoms with Crippen molar-refractivity contribution < 1.29 is 33.4 Å². The van der Waals surface area contributed by atoms with Gasteiger partial charge >= 0.3 is 0 Å². The zero-order chi connectivity index (χ0) is 37.9. The van der Waals surface area contributed by atoms with Crippen molar-refractivity contribution >= 4 is 35.0 Å². The Labute approximate surface area is 306 Å². The summed E-state index contributed by atoms with van der Waals surface area (Å²) in [5, 5.41) is 5.64. The molecule has 0 bridgehead atoms. The fourth-order valence-corrected chi connectivity index (χ4v) is 5.17. The zero-order valence-corrected chi connectivity index (χ0v) is 31.0. The number of amides is 4. The molecule has 0 spiro atoms. The molecule has 0 aliphatic rings. The van der Waals surface area contributed by atoms with Crippen LogP contribution in [0, 0.1) is 0 Å². The van der Waals surface area contributed by atoms with Crippen molar-refractivity contribution in [3.8, 4) is 11.3 Å². The van der Waals surface area contributed by atoms with Crippen LogP contribution in [-0.2, 0) is 19.0 Å². The maximum atomic E-state index is 13.5. The molecule has 2 aromatic carbocycles. The highest BCUT2D eigenvalue weighted by atomic mass is 16.5. The summed E-state index contributed by atoms with van der Waals surface area (Å²) >= 11 is 0. The Morgan fingerprint density at radius 2 is 1.44 bits per heavy atom. The van der Waals surface area contributed by atoms with E-state index in [1.807, 2.05) is 25.2 Å². The van der Waals surface area contributed by atoms with Gasteiger partial charge in [-0.3, -0.25) is 24.2 Å². The van der Waals surface area contributed by atoms with E-state index in [0.29, 0.717) is 99.5 Å². The smallest absolute Gasteiger partial charge is 0.255 e. The molecule has 0 atom stereocenters.